The van der Waals surface area contributed by atoms with Crippen molar-refractivity contribution in [3.05, 3.63) is 35.9 Å². The third kappa shape index (κ3) is 4.32. The molecule has 5 nitrogen and oxygen atoms in total. The summed E-state index contributed by atoms with van der Waals surface area (Å²) in [5, 5.41) is 9.42. The number of nitrogens with zero attached hydrogens (tertiary/aromatic N) is 1. The van der Waals surface area contributed by atoms with Crippen molar-refractivity contribution in [3.8, 4) is 0 Å². The fraction of sp³-hybridized carbons (Fsp3) is 0.556. The molecule has 1 aromatic carbocycles. The van der Waals surface area contributed by atoms with Gasteiger partial charge in [0.1, 0.15) is 11.6 Å². The predicted molar refractivity (Wildman–Crippen MR) is 90.9 cm³/mol. The molecule has 3 N–H and O–H groups in total. The summed E-state index contributed by atoms with van der Waals surface area (Å²) in [6, 6.07) is 8.67. The summed E-state index contributed by atoms with van der Waals surface area (Å²) in [7, 11) is 1.52. The molecule has 0 bridgehead atoms. The van der Waals surface area contributed by atoms with E-state index in [1.165, 1.54) is 11.9 Å². The van der Waals surface area contributed by atoms with Crippen molar-refractivity contribution in [3.63, 3.8) is 0 Å². The molecule has 0 spiro atoms. The average Bonchev–Trinajstić information content (AvgIpc) is 2.46. The van der Waals surface area contributed by atoms with Gasteiger partial charge in [0, 0.05) is 7.05 Å². The fourth-order valence-corrected chi connectivity index (χ4v) is 2.81. The molecule has 0 saturated carbocycles. The number of nitrogens with two attached hydrogens (primary N) is 1. The van der Waals surface area contributed by atoms with Crippen LogP contribution in [0, 0.1) is 11.8 Å². The molecule has 0 unspecified atom stereocenters. The second-order valence-electron chi connectivity index (χ2n) is 6.80. The molecule has 0 fully saturated rings. The van der Waals surface area contributed by atoms with Crippen LogP contribution in [-0.2, 0) is 16.0 Å². The molecule has 0 aliphatic rings. The Morgan fingerprint density at radius 2 is 1.70 bits per heavy atom. The van der Waals surface area contributed by atoms with Crippen molar-refractivity contribution >= 4 is 11.9 Å². The number of hydrogen-bond donors (Lipinski definition) is 2. The van der Waals surface area contributed by atoms with Crippen molar-refractivity contribution in [1.29, 1.82) is 0 Å². The summed E-state index contributed by atoms with van der Waals surface area (Å²) in [6.45, 7) is 7.35. The Balaban J connectivity index is 3.13. The smallest absolute Gasteiger partial charge is 0.326 e. The SMILES string of the molecule is CC(C)[C@@H](C(=O)O)N(C)C(=O)[C@@](N)(Cc1ccccc1)C(C)C. The predicted octanol–water partition coefficient (Wildman–Crippen LogP) is 2.15. The van der Waals surface area contributed by atoms with Crippen molar-refractivity contribution < 1.29 is 14.7 Å². The highest BCUT2D eigenvalue weighted by atomic mass is 16.4. The van der Waals surface area contributed by atoms with Gasteiger partial charge in [-0.1, -0.05) is 58.0 Å². The lowest BCUT2D eigenvalue weighted by Gasteiger charge is -2.39. The number of aliphatic carboxylic acids is 1. The molecule has 1 amide bonds. The summed E-state index contributed by atoms with van der Waals surface area (Å²) in [4.78, 5) is 25.8. The third-order valence-corrected chi connectivity index (χ3v) is 4.39. The zero-order valence-electron chi connectivity index (χ0n) is 14.6. The Morgan fingerprint density at radius 1 is 1.17 bits per heavy atom. The summed E-state index contributed by atoms with van der Waals surface area (Å²) in [5.74, 6) is -1.67. The number of carboxylic acid groups (broad SMARTS) is 1. The van der Waals surface area contributed by atoms with E-state index >= 15 is 0 Å². The van der Waals surface area contributed by atoms with E-state index in [4.69, 9.17) is 5.73 Å². The molecule has 2 atom stereocenters. The van der Waals surface area contributed by atoms with Crippen molar-refractivity contribution in [2.24, 2.45) is 17.6 Å². The van der Waals surface area contributed by atoms with Gasteiger partial charge >= 0.3 is 5.97 Å². The van der Waals surface area contributed by atoms with Crippen LogP contribution >= 0.6 is 0 Å². The lowest BCUT2D eigenvalue weighted by molar-refractivity contribution is -0.154. The van der Waals surface area contributed by atoms with Gasteiger partial charge in [-0.3, -0.25) is 4.79 Å². The van der Waals surface area contributed by atoms with E-state index in [-0.39, 0.29) is 17.7 Å². The lowest BCUT2D eigenvalue weighted by Crippen LogP contribution is -2.62. The van der Waals surface area contributed by atoms with E-state index in [1.807, 2.05) is 44.2 Å². The monoisotopic (exact) mass is 320 g/mol. The fourth-order valence-electron chi connectivity index (χ4n) is 2.81. The summed E-state index contributed by atoms with van der Waals surface area (Å²) in [6.07, 6.45) is 0.374. The van der Waals surface area contributed by atoms with Crippen LogP contribution in [0.1, 0.15) is 33.3 Å². The average molecular weight is 320 g/mol. The highest BCUT2D eigenvalue weighted by molar-refractivity contribution is 5.90. The van der Waals surface area contributed by atoms with Gasteiger partial charge in [0.15, 0.2) is 0 Å². The topological polar surface area (TPSA) is 83.6 Å². The van der Waals surface area contributed by atoms with E-state index in [0.29, 0.717) is 6.42 Å². The molecule has 1 rings (SSSR count). The normalized spacial score (nSPS) is 15.3. The van der Waals surface area contributed by atoms with Crippen LogP contribution in [0.2, 0.25) is 0 Å². The summed E-state index contributed by atoms with van der Waals surface area (Å²) < 4.78 is 0. The summed E-state index contributed by atoms with van der Waals surface area (Å²) >= 11 is 0. The highest BCUT2D eigenvalue weighted by Gasteiger charge is 2.43. The van der Waals surface area contributed by atoms with Gasteiger partial charge in [0.05, 0.1) is 0 Å². The molecule has 0 aliphatic carbocycles. The van der Waals surface area contributed by atoms with E-state index in [2.05, 4.69) is 0 Å². The Morgan fingerprint density at radius 3 is 2.09 bits per heavy atom. The van der Waals surface area contributed by atoms with Crippen molar-refractivity contribution in [1.82, 2.24) is 4.90 Å². The standard InChI is InChI=1S/C18H28N2O3/c1-12(2)15(16(21)22)20(5)17(23)18(19,13(3)4)11-14-9-7-6-8-10-14/h6-10,12-13,15H,11,19H2,1-5H3,(H,21,22)/t15-,18+/m0/s1. The second-order valence-corrected chi connectivity index (χ2v) is 6.80. The molecule has 0 aliphatic heterocycles. The maximum atomic E-state index is 13.0. The van der Waals surface area contributed by atoms with Gasteiger partial charge in [0.2, 0.25) is 5.91 Å². The number of likely N-dealkylation sites (N-methyl/N-ethyl adjacent to an activating group) is 1. The van der Waals surface area contributed by atoms with Crippen molar-refractivity contribution in [2.45, 2.75) is 45.7 Å². The number of rotatable bonds is 7. The number of amides is 1. The molecular weight excluding hydrogens is 292 g/mol. The first-order valence-electron chi connectivity index (χ1n) is 7.94. The first kappa shape index (κ1) is 19.2. The molecule has 0 heterocycles. The van der Waals surface area contributed by atoms with Crippen LogP contribution in [0.3, 0.4) is 0 Å². The zero-order chi connectivity index (χ0) is 17.8. The van der Waals surface area contributed by atoms with Crippen molar-refractivity contribution in [2.75, 3.05) is 7.05 Å². The van der Waals surface area contributed by atoms with E-state index in [0.717, 1.165) is 5.56 Å². The van der Waals surface area contributed by atoms with E-state index in [9.17, 15) is 14.7 Å². The van der Waals surface area contributed by atoms with Crippen LogP contribution < -0.4 is 5.73 Å². The molecule has 0 radical (unpaired) electrons. The maximum absolute atomic E-state index is 13.0. The largest absolute Gasteiger partial charge is 0.480 e. The lowest BCUT2D eigenvalue weighted by atomic mass is 9.80. The molecule has 0 saturated heterocycles. The first-order chi connectivity index (χ1) is 10.6. The van der Waals surface area contributed by atoms with Crippen LogP contribution in [0.4, 0.5) is 0 Å². The minimum absolute atomic E-state index is 0.126. The molecule has 0 aromatic heterocycles. The number of hydrogen-bond acceptors (Lipinski definition) is 3. The number of carbonyl (C=O) groups is 2. The molecule has 23 heavy (non-hydrogen) atoms. The Hall–Kier alpha value is -1.88. The minimum Gasteiger partial charge on any atom is -0.480 e. The Labute approximate surface area is 138 Å². The zero-order valence-corrected chi connectivity index (χ0v) is 14.6. The van der Waals surface area contributed by atoms with E-state index in [1.54, 1.807) is 13.8 Å². The highest BCUT2D eigenvalue weighted by Crippen LogP contribution is 2.24. The second kappa shape index (κ2) is 7.59. The van der Waals surface area contributed by atoms with Crippen LogP contribution in [-0.4, -0.2) is 40.5 Å². The first-order valence-corrected chi connectivity index (χ1v) is 7.94. The van der Waals surface area contributed by atoms with Crippen LogP contribution in [0.25, 0.3) is 0 Å². The molecular formula is C18H28N2O3. The summed E-state index contributed by atoms with van der Waals surface area (Å²) in [5.41, 5.74) is 6.29. The number of carboxylic acids is 1. The molecule has 128 valence electrons. The van der Waals surface area contributed by atoms with Gasteiger partial charge < -0.3 is 15.7 Å². The van der Waals surface area contributed by atoms with Gasteiger partial charge in [0.25, 0.3) is 0 Å². The van der Waals surface area contributed by atoms with Crippen LogP contribution in [0.5, 0.6) is 0 Å². The van der Waals surface area contributed by atoms with Gasteiger partial charge in [-0.05, 0) is 23.8 Å². The van der Waals surface area contributed by atoms with E-state index < -0.39 is 17.6 Å². The maximum Gasteiger partial charge on any atom is 0.326 e. The number of benzene rings is 1. The van der Waals surface area contributed by atoms with Gasteiger partial charge in [-0.2, -0.15) is 0 Å². The third-order valence-electron chi connectivity index (χ3n) is 4.39. The van der Waals surface area contributed by atoms with Crippen LogP contribution in [0.15, 0.2) is 30.3 Å². The van der Waals surface area contributed by atoms with Gasteiger partial charge in [-0.25, -0.2) is 4.79 Å². The quantitative estimate of drug-likeness (QED) is 0.806. The molecule has 5 heteroatoms. The Bertz CT molecular complexity index is 542. The molecule has 1 aromatic rings. The van der Waals surface area contributed by atoms with Gasteiger partial charge in [-0.15, -0.1) is 0 Å². The Kier molecular flexibility index (Phi) is 6.33. The number of carbonyl (C=O) groups excluding carboxylic acids is 1. The minimum atomic E-state index is -1.14.